The van der Waals surface area contributed by atoms with Crippen molar-refractivity contribution in [1.29, 1.82) is 0 Å². The lowest BCUT2D eigenvalue weighted by molar-refractivity contribution is 0.481. The first-order chi connectivity index (χ1) is 10.3. The monoisotopic (exact) mass is 270 g/mol. The molecule has 0 aliphatic rings. The summed E-state index contributed by atoms with van der Waals surface area (Å²) in [6.45, 7) is 2.04. The Labute approximate surface area is 126 Å². The molecule has 2 heteroatoms. The third-order valence-corrected chi connectivity index (χ3v) is 3.45. The van der Waals surface area contributed by atoms with Gasteiger partial charge >= 0.3 is 0 Å². The fraction of sp³-hybridized carbons (Fsp3) is 0.0526. The van der Waals surface area contributed by atoms with Gasteiger partial charge in [-0.05, 0) is 30.2 Å². The van der Waals surface area contributed by atoms with Crippen LogP contribution in [-0.4, -0.2) is 7.85 Å². The highest BCUT2D eigenvalue weighted by Gasteiger charge is 2.09. The van der Waals surface area contributed by atoms with E-state index in [0.717, 1.165) is 33.7 Å². The van der Waals surface area contributed by atoms with Crippen LogP contribution in [0.15, 0.2) is 72.8 Å². The molecule has 0 atom stereocenters. The summed E-state index contributed by atoms with van der Waals surface area (Å²) in [5, 5.41) is 0. The molecule has 3 aromatic rings. The van der Waals surface area contributed by atoms with Gasteiger partial charge in [0.25, 0.3) is 0 Å². The second-order valence-electron chi connectivity index (χ2n) is 4.95. The molecule has 0 heterocycles. The van der Waals surface area contributed by atoms with Gasteiger partial charge in [0.1, 0.15) is 19.3 Å². The lowest BCUT2D eigenvalue weighted by Gasteiger charge is -2.14. The van der Waals surface area contributed by atoms with E-state index in [9.17, 15) is 0 Å². The Hall–Kier alpha value is -2.48. The summed E-state index contributed by atoms with van der Waals surface area (Å²) in [7, 11) is 6.09. The Morgan fingerprint density at radius 1 is 0.667 bits per heavy atom. The van der Waals surface area contributed by atoms with Gasteiger partial charge in [-0.25, -0.2) is 0 Å². The van der Waals surface area contributed by atoms with Crippen molar-refractivity contribution < 1.29 is 4.74 Å². The van der Waals surface area contributed by atoms with E-state index in [1.807, 2.05) is 79.7 Å². The number of aryl methyl sites for hydroxylation is 1. The van der Waals surface area contributed by atoms with Crippen molar-refractivity contribution in [2.24, 2.45) is 0 Å². The maximum Gasteiger partial charge on any atom is 0.135 e. The van der Waals surface area contributed by atoms with Gasteiger partial charge in [-0.15, -0.1) is 0 Å². The molecule has 0 saturated carbocycles. The van der Waals surface area contributed by atoms with Crippen molar-refractivity contribution in [1.82, 2.24) is 0 Å². The highest BCUT2D eigenvalue weighted by molar-refractivity contribution is 6.36. The molecule has 0 fully saturated rings. The van der Waals surface area contributed by atoms with Gasteiger partial charge in [-0.2, -0.15) is 0 Å². The summed E-state index contributed by atoms with van der Waals surface area (Å²) in [5.41, 5.74) is 3.84. The van der Waals surface area contributed by atoms with Crippen molar-refractivity contribution in [3.63, 3.8) is 0 Å². The Bertz CT molecular complexity index is 765. The van der Waals surface area contributed by atoms with Crippen molar-refractivity contribution in [3.8, 4) is 22.6 Å². The zero-order valence-electron chi connectivity index (χ0n) is 11.9. The van der Waals surface area contributed by atoms with Crippen LogP contribution in [0.2, 0.25) is 0 Å². The number of hydrogen-bond donors (Lipinski definition) is 0. The van der Waals surface area contributed by atoms with E-state index in [-0.39, 0.29) is 0 Å². The van der Waals surface area contributed by atoms with Gasteiger partial charge in [0.2, 0.25) is 0 Å². The molecule has 0 aliphatic carbocycles. The van der Waals surface area contributed by atoms with Crippen LogP contribution in [0.4, 0.5) is 0 Å². The summed E-state index contributed by atoms with van der Waals surface area (Å²) in [6, 6.07) is 23.8. The highest BCUT2D eigenvalue weighted by Crippen LogP contribution is 2.33. The van der Waals surface area contributed by atoms with Crippen molar-refractivity contribution in [3.05, 3.63) is 78.4 Å². The molecule has 0 aromatic heterocycles. The smallest absolute Gasteiger partial charge is 0.135 e. The topological polar surface area (TPSA) is 9.23 Å². The van der Waals surface area contributed by atoms with Crippen molar-refractivity contribution in [2.45, 2.75) is 6.92 Å². The van der Waals surface area contributed by atoms with Gasteiger partial charge in [0.15, 0.2) is 0 Å². The van der Waals surface area contributed by atoms with Crippen LogP contribution in [-0.2, 0) is 0 Å². The summed E-state index contributed by atoms with van der Waals surface area (Å²) in [4.78, 5) is 0. The number of ether oxygens (including phenoxy) is 1. The van der Waals surface area contributed by atoms with Gasteiger partial charge in [-0.3, -0.25) is 0 Å². The Kier molecular flexibility index (Phi) is 3.78. The van der Waals surface area contributed by atoms with E-state index in [4.69, 9.17) is 12.6 Å². The zero-order chi connectivity index (χ0) is 14.7. The standard InChI is InChI=1S/C19H15BO/c1-14-8-2-6-12-18(14)21-19-13-7-4-10-16(19)15-9-3-5-11-17(15)20/h2-13H,1H3. The first kappa shape index (κ1) is 13.5. The van der Waals surface area contributed by atoms with Gasteiger partial charge in [0.05, 0.1) is 0 Å². The minimum absolute atomic E-state index is 0.748. The SMILES string of the molecule is [B]c1ccccc1-c1ccccc1Oc1ccccc1C. The van der Waals surface area contributed by atoms with Crippen LogP contribution in [0.3, 0.4) is 0 Å². The number of rotatable bonds is 3. The predicted molar refractivity (Wildman–Crippen MR) is 88.5 cm³/mol. The summed E-state index contributed by atoms with van der Waals surface area (Å²) >= 11 is 0. The molecule has 0 unspecified atom stereocenters. The van der Waals surface area contributed by atoms with Crippen LogP contribution in [0, 0.1) is 6.92 Å². The molecule has 21 heavy (non-hydrogen) atoms. The maximum absolute atomic E-state index is 6.09. The summed E-state index contributed by atoms with van der Waals surface area (Å²) < 4.78 is 6.09. The molecule has 0 aliphatic heterocycles. The summed E-state index contributed by atoms with van der Waals surface area (Å²) in [6.07, 6.45) is 0. The van der Waals surface area contributed by atoms with Crippen LogP contribution >= 0.6 is 0 Å². The van der Waals surface area contributed by atoms with Crippen molar-refractivity contribution in [2.75, 3.05) is 0 Å². The average Bonchev–Trinajstić information content (AvgIpc) is 2.51. The lowest BCUT2D eigenvalue weighted by atomic mass is 9.87. The van der Waals surface area contributed by atoms with Crippen LogP contribution in [0.5, 0.6) is 11.5 Å². The molecule has 3 rings (SSSR count). The van der Waals surface area contributed by atoms with E-state index in [1.165, 1.54) is 0 Å². The highest BCUT2D eigenvalue weighted by atomic mass is 16.5. The molecule has 100 valence electrons. The minimum atomic E-state index is 0.748. The van der Waals surface area contributed by atoms with Crippen molar-refractivity contribution >= 4 is 13.3 Å². The van der Waals surface area contributed by atoms with E-state index in [0.29, 0.717) is 0 Å². The second kappa shape index (κ2) is 5.88. The number of para-hydroxylation sites is 2. The van der Waals surface area contributed by atoms with Gasteiger partial charge in [-0.1, -0.05) is 66.1 Å². The molecule has 0 spiro atoms. The molecule has 0 N–H and O–H groups in total. The lowest BCUT2D eigenvalue weighted by Crippen LogP contribution is -2.06. The van der Waals surface area contributed by atoms with Crippen LogP contribution < -0.4 is 10.2 Å². The fourth-order valence-electron chi connectivity index (χ4n) is 2.31. The largest absolute Gasteiger partial charge is 0.456 e. The fourth-order valence-corrected chi connectivity index (χ4v) is 2.31. The molecule has 0 saturated heterocycles. The maximum atomic E-state index is 6.09. The zero-order valence-corrected chi connectivity index (χ0v) is 11.9. The molecule has 0 amide bonds. The third-order valence-electron chi connectivity index (χ3n) is 3.45. The van der Waals surface area contributed by atoms with E-state index >= 15 is 0 Å². The second-order valence-corrected chi connectivity index (χ2v) is 4.95. The molecule has 2 radical (unpaired) electrons. The molecular formula is C19H15BO. The Balaban J connectivity index is 2.05. The molecule has 0 bridgehead atoms. The van der Waals surface area contributed by atoms with E-state index in [2.05, 4.69) is 0 Å². The summed E-state index contributed by atoms with van der Waals surface area (Å²) in [5.74, 6) is 1.67. The Morgan fingerprint density at radius 3 is 1.95 bits per heavy atom. The molecular weight excluding hydrogens is 255 g/mol. The quantitative estimate of drug-likeness (QED) is 0.646. The first-order valence-electron chi connectivity index (χ1n) is 6.93. The van der Waals surface area contributed by atoms with Crippen LogP contribution in [0.25, 0.3) is 11.1 Å². The number of benzene rings is 3. The van der Waals surface area contributed by atoms with Gasteiger partial charge < -0.3 is 4.74 Å². The normalized spacial score (nSPS) is 10.3. The average molecular weight is 270 g/mol. The molecule has 3 aromatic carbocycles. The van der Waals surface area contributed by atoms with Crippen LogP contribution in [0.1, 0.15) is 5.56 Å². The Morgan fingerprint density at radius 2 is 1.24 bits per heavy atom. The first-order valence-corrected chi connectivity index (χ1v) is 6.93. The molecule has 1 nitrogen and oxygen atoms in total. The van der Waals surface area contributed by atoms with E-state index in [1.54, 1.807) is 0 Å². The van der Waals surface area contributed by atoms with Gasteiger partial charge in [0, 0.05) is 5.56 Å². The number of hydrogen-bond acceptors (Lipinski definition) is 1. The predicted octanol–water partition coefficient (Wildman–Crippen LogP) is 4.25. The minimum Gasteiger partial charge on any atom is -0.456 e. The van der Waals surface area contributed by atoms with E-state index < -0.39 is 0 Å². The third kappa shape index (κ3) is 2.85.